The molecule has 2 fully saturated rings. The van der Waals surface area contributed by atoms with E-state index < -0.39 is 0 Å². The van der Waals surface area contributed by atoms with Crippen LogP contribution in [-0.2, 0) is 4.79 Å². The van der Waals surface area contributed by atoms with Crippen LogP contribution in [0.25, 0.3) is 0 Å². The Morgan fingerprint density at radius 1 is 1.23 bits per heavy atom. The fourth-order valence-corrected chi connectivity index (χ4v) is 1.96. The molecule has 0 unspecified atom stereocenters. The van der Waals surface area contributed by atoms with Crippen LogP contribution in [0.4, 0.5) is 0 Å². The van der Waals surface area contributed by atoms with Gasteiger partial charge in [-0.1, -0.05) is 6.42 Å². The minimum Gasteiger partial charge on any atom is -0.341 e. The number of nitrogens with two attached hydrogens (primary N) is 1. The number of rotatable bonds is 1. The highest BCUT2D eigenvalue weighted by atomic mass is 16.2. The molecule has 0 aromatic heterocycles. The lowest BCUT2D eigenvalue weighted by Crippen LogP contribution is -2.40. The molecule has 0 aromatic rings. The highest BCUT2D eigenvalue weighted by molar-refractivity contribution is 5.81. The molecule has 2 aliphatic rings. The third-order valence-corrected chi connectivity index (χ3v) is 2.95. The second kappa shape index (κ2) is 3.66. The summed E-state index contributed by atoms with van der Waals surface area (Å²) in [5, 5.41) is 0. The first-order chi connectivity index (χ1) is 6.27. The van der Waals surface area contributed by atoms with Crippen LogP contribution in [0.5, 0.6) is 0 Å². The van der Waals surface area contributed by atoms with E-state index in [0.717, 1.165) is 38.8 Å². The van der Waals surface area contributed by atoms with E-state index in [1.54, 1.807) is 0 Å². The summed E-state index contributed by atoms with van der Waals surface area (Å²) in [4.78, 5) is 13.7. The van der Waals surface area contributed by atoms with Gasteiger partial charge in [-0.3, -0.25) is 4.79 Å². The smallest absolute Gasteiger partial charge is 0.225 e. The van der Waals surface area contributed by atoms with Crippen molar-refractivity contribution in [3.8, 4) is 0 Å². The quantitative estimate of drug-likeness (QED) is 0.650. The normalized spacial score (nSPS) is 29.9. The summed E-state index contributed by atoms with van der Waals surface area (Å²) in [5.74, 6) is 0.711. The zero-order valence-corrected chi connectivity index (χ0v) is 8.04. The lowest BCUT2D eigenvalue weighted by atomic mass is 10.2. The fourth-order valence-electron chi connectivity index (χ4n) is 1.96. The summed E-state index contributed by atoms with van der Waals surface area (Å²) in [6.07, 6.45) is 5.59. The molecule has 1 amide bonds. The number of hydrogen-bond acceptors (Lipinski definition) is 2. The molecular formula is C10H18N2O. The van der Waals surface area contributed by atoms with Gasteiger partial charge in [0, 0.05) is 25.0 Å². The maximum absolute atomic E-state index is 11.7. The summed E-state index contributed by atoms with van der Waals surface area (Å²) >= 11 is 0. The van der Waals surface area contributed by atoms with E-state index in [1.165, 1.54) is 6.42 Å². The van der Waals surface area contributed by atoms with E-state index in [1.807, 2.05) is 4.90 Å². The SMILES string of the molecule is N[C@@H]1CCCCN(C(=O)C2CC2)C1. The Bertz CT molecular complexity index is 201. The molecular weight excluding hydrogens is 164 g/mol. The predicted molar refractivity (Wildman–Crippen MR) is 51.1 cm³/mol. The van der Waals surface area contributed by atoms with Crippen molar-refractivity contribution in [2.24, 2.45) is 11.7 Å². The number of hydrogen-bond donors (Lipinski definition) is 1. The van der Waals surface area contributed by atoms with Gasteiger partial charge in [-0.05, 0) is 25.7 Å². The van der Waals surface area contributed by atoms with Crippen LogP contribution < -0.4 is 5.73 Å². The number of carbonyl (C=O) groups excluding carboxylic acids is 1. The maximum atomic E-state index is 11.7. The van der Waals surface area contributed by atoms with Crippen molar-refractivity contribution >= 4 is 5.91 Å². The lowest BCUT2D eigenvalue weighted by Gasteiger charge is -2.22. The summed E-state index contributed by atoms with van der Waals surface area (Å²) < 4.78 is 0. The Morgan fingerprint density at radius 3 is 2.69 bits per heavy atom. The fraction of sp³-hybridized carbons (Fsp3) is 0.900. The second-order valence-electron chi connectivity index (χ2n) is 4.31. The lowest BCUT2D eigenvalue weighted by molar-refractivity contribution is -0.132. The Kier molecular flexibility index (Phi) is 2.54. The number of carbonyl (C=O) groups is 1. The molecule has 1 saturated heterocycles. The Hall–Kier alpha value is -0.570. The Morgan fingerprint density at radius 2 is 2.00 bits per heavy atom. The molecule has 1 atom stereocenters. The summed E-state index contributed by atoms with van der Waals surface area (Å²) in [7, 11) is 0. The molecule has 1 aliphatic carbocycles. The van der Waals surface area contributed by atoms with Gasteiger partial charge in [0.1, 0.15) is 0 Å². The van der Waals surface area contributed by atoms with Crippen LogP contribution in [0.15, 0.2) is 0 Å². The van der Waals surface area contributed by atoms with E-state index in [4.69, 9.17) is 5.73 Å². The third kappa shape index (κ3) is 2.21. The van der Waals surface area contributed by atoms with Crippen LogP contribution in [-0.4, -0.2) is 29.9 Å². The molecule has 0 aromatic carbocycles. The monoisotopic (exact) mass is 182 g/mol. The van der Waals surface area contributed by atoms with Gasteiger partial charge in [-0.25, -0.2) is 0 Å². The zero-order chi connectivity index (χ0) is 9.26. The molecule has 2 rings (SSSR count). The Balaban J connectivity index is 1.91. The minimum atomic E-state index is 0.213. The van der Waals surface area contributed by atoms with Crippen molar-refractivity contribution in [2.45, 2.75) is 38.1 Å². The van der Waals surface area contributed by atoms with Crippen molar-refractivity contribution in [1.29, 1.82) is 0 Å². The van der Waals surface area contributed by atoms with Crippen molar-refractivity contribution in [3.63, 3.8) is 0 Å². The topological polar surface area (TPSA) is 46.3 Å². The molecule has 13 heavy (non-hydrogen) atoms. The highest BCUT2D eigenvalue weighted by Gasteiger charge is 2.34. The maximum Gasteiger partial charge on any atom is 0.225 e. The molecule has 1 heterocycles. The van der Waals surface area contributed by atoms with Crippen LogP contribution in [0.3, 0.4) is 0 Å². The molecule has 2 N–H and O–H groups in total. The number of likely N-dealkylation sites (tertiary alicyclic amines) is 1. The first-order valence-corrected chi connectivity index (χ1v) is 5.32. The van der Waals surface area contributed by atoms with Crippen LogP contribution >= 0.6 is 0 Å². The number of nitrogens with zero attached hydrogens (tertiary/aromatic N) is 1. The first-order valence-electron chi connectivity index (χ1n) is 5.32. The Labute approximate surface area is 79.3 Å². The third-order valence-electron chi connectivity index (χ3n) is 2.95. The van der Waals surface area contributed by atoms with Crippen molar-refractivity contribution in [1.82, 2.24) is 4.90 Å². The van der Waals surface area contributed by atoms with Gasteiger partial charge >= 0.3 is 0 Å². The molecule has 3 nitrogen and oxygen atoms in total. The summed E-state index contributed by atoms with van der Waals surface area (Å²) in [6.45, 7) is 1.72. The molecule has 1 saturated carbocycles. The van der Waals surface area contributed by atoms with Gasteiger partial charge in [0.15, 0.2) is 0 Å². The summed E-state index contributed by atoms with van der Waals surface area (Å²) in [5.41, 5.74) is 5.89. The van der Waals surface area contributed by atoms with Crippen molar-refractivity contribution in [3.05, 3.63) is 0 Å². The van der Waals surface area contributed by atoms with E-state index in [0.29, 0.717) is 11.8 Å². The van der Waals surface area contributed by atoms with Gasteiger partial charge in [0.05, 0.1) is 0 Å². The van der Waals surface area contributed by atoms with E-state index in [-0.39, 0.29) is 6.04 Å². The second-order valence-corrected chi connectivity index (χ2v) is 4.31. The largest absolute Gasteiger partial charge is 0.341 e. The van der Waals surface area contributed by atoms with Gasteiger partial charge in [0.2, 0.25) is 5.91 Å². The van der Waals surface area contributed by atoms with E-state index >= 15 is 0 Å². The first kappa shape index (κ1) is 9.00. The molecule has 3 heteroatoms. The van der Waals surface area contributed by atoms with Crippen LogP contribution in [0.2, 0.25) is 0 Å². The van der Waals surface area contributed by atoms with Crippen molar-refractivity contribution in [2.75, 3.05) is 13.1 Å². The molecule has 0 spiro atoms. The van der Waals surface area contributed by atoms with Crippen molar-refractivity contribution < 1.29 is 4.79 Å². The molecule has 74 valence electrons. The predicted octanol–water partition coefficient (Wildman–Crippen LogP) is 0.736. The number of amides is 1. The molecule has 1 aliphatic heterocycles. The molecule has 0 radical (unpaired) electrons. The van der Waals surface area contributed by atoms with Crippen LogP contribution in [0.1, 0.15) is 32.1 Å². The van der Waals surface area contributed by atoms with Gasteiger partial charge in [0.25, 0.3) is 0 Å². The van der Waals surface area contributed by atoms with E-state index in [9.17, 15) is 4.79 Å². The average Bonchev–Trinajstić information content (AvgIpc) is 2.88. The molecule has 0 bridgehead atoms. The van der Waals surface area contributed by atoms with Gasteiger partial charge in [-0.2, -0.15) is 0 Å². The van der Waals surface area contributed by atoms with Crippen LogP contribution in [0, 0.1) is 5.92 Å². The zero-order valence-electron chi connectivity index (χ0n) is 8.04. The standard InChI is InChI=1S/C10H18N2O/c11-9-3-1-2-6-12(7-9)10(13)8-4-5-8/h8-9H,1-7,11H2/t9-/m1/s1. The minimum absolute atomic E-state index is 0.213. The average molecular weight is 182 g/mol. The summed E-state index contributed by atoms with van der Waals surface area (Å²) in [6, 6.07) is 0.213. The van der Waals surface area contributed by atoms with Gasteiger partial charge < -0.3 is 10.6 Å². The van der Waals surface area contributed by atoms with Gasteiger partial charge in [-0.15, -0.1) is 0 Å². The highest BCUT2D eigenvalue weighted by Crippen LogP contribution is 2.31. The van der Waals surface area contributed by atoms with E-state index in [2.05, 4.69) is 0 Å².